The van der Waals surface area contributed by atoms with E-state index in [0.29, 0.717) is 0 Å². The second kappa shape index (κ2) is 5.30. The lowest BCUT2D eigenvalue weighted by atomic mass is 10.2. The highest BCUT2D eigenvalue weighted by atomic mass is 16.1. The number of nitrogens with one attached hydrogen (secondary N) is 1. The predicted octanol–water partition coefficient (Wildman–Crippen LogP) is 1.69. The van der Waals surface area contributed by atoms with Gasteiger partial charge in [0.15, 0.2) is 0 Å². The van der Waals surface area contributed by atoms with Crippen LogP contribution in [0.3, 0.4) is 0 Å². The minimum absolute atomic E-state index is 0.121. The van der Waals surface area contributed by atoms with Gasteiger partial charge in [-0.05, 0) is 45.2 Å². The Balaban J connectivity index is 1.73. The van der Waals surface area contributed by atoms with Crippen LogP contribution in [0, 0.1) is 6.92 Å². The van der Waals surface area contributed by atoms with Crippen LogP contribution in [0.5, 0.6) is 0 Å². The largest absolute Gasteiger partial charge is 0.314 e. The Morgan fingerprint density at radius 2 is 2.19 bits per heavy atom. The monoisotopic (exact) mass is 220 g/mol. The summed E-state index contributed by atoms with van der Waals surface area (Å²) in [6, 6.07) is 6.24. The second-order valence-electron chi connectivity index (χ2n) is 4.59. The molecule has 88 valence electrons. The predicted molar refractivity (Wildman–Crippen MR) is 65.7 cm³/mol. The fourth-order valence-corrected chi connectivity index (χ4v) is 1.90. The Kier molecular flexibility index (Phi) is 3.78. The molecule has 0 aliphatic heterocycles. The van der Waals surface area contributed by atoms with Gasteiger partial charge < -0.3 is 9.88 Å². The molecule has 3 heteroatoms. The van der Waals surface area contributed by atoms with E-state index in [0.717, 1.165) is 37.7 Å². The summed E-state index contributed by atoms with van der Waals surface area (Å²) in [5.41, 5.74) is 1.18. The third-order valence-electron chi connectivity index (χ3n) is 3.09. The first-order valence-electron chi connectivity index (χ1n) is 6.17. The van der Waals surface area contributed by atoms with E-state index < -0.39 is 0 Å². The van der Waals surface area contributed by atoms with Crippen LogP contribution in [0.15, 0.2) is 23.0 Å². The van der Waals surface area contributed by atoms with Gasteiger partial charge in [-0.15, -0.1) is 0 Å². The molecule has 1 aromatic rings. The molecule has 1 aromatic heterocycles. The third-order valence-corrected chi connectivity index (χ3v) is 3.09. The smallest absolute Gasteiger partial charge is 0.250 e. The van der Waals surface area contributed by atoms with Crippen LogP contribution >= 0.6 is 0 Å². The van der Waals surface area contributed by atoms with Gasteiger partial charge in [0.05, 0.1) is 0 Å². The van der Waals surface area contributed by atoms with Gasteiger partial charge in [-0.2, -0.15) is 0 Å². The molecule has 0 amide bonds. The number of nitrogens with zero attached hydrogens (tertiary/aromatic N) is 1. The van der Waals surface area contributed by atoms with Gasteiger partial charge >= 0.3 is 0 Å². The van der Waals surface area contributed by atoms with Crippen molar-refractivity contribution in [2.75, 3.05) is 6.54 Å². The second-order valence-corrected chi connectivity index (χ2v) is 4.59. The Morgan fingerprint density at radius 1 is 1.38 bits per heavy atom. The zero-order chi connectivity index (χ0) is 11.4. The SMILES string of the molecule is Cc1cccc(=O)n1CCCCNC1CC1. The molecule has 16 heavy (non-hydrogen) atoms. The summed E-state index contributed by atoms with van der Waals surface area (Å²) in [4.78, 5) is 11.6. The van der Waals surface area contributed by atoms with Gasteiger partial charge in [-0.25, -0.2) is 0 Å². The van der Waals surface area contributed by atoms with Crippen molar-refractivity contribution in [2.45, 2.75) is 45.2 Å². The minimum atomic E-state index is 0.121. The van der Waals surface area contributed by atoms with Gasteiger partial charge in [-0.1, -0.05) is 6.07 Å². The summed E-state index contributed by atoms with van der Waals surface area (Å²) < 4.78 is 1.86. The molecule has 0 unspecified atom stereocenters. The van der Waals surface area contributed by atoms with Crippen LogP contribution in [0.2, 0.25) is 0 Å². The number of unbranched alkanes of at least 4 members (excludes halogenated alkanes) is 1. The van der Waals surface area contributed by atoms with E-state index >= 15 is 0 Å². The van der Waals surface area contributed by atoms with Crippen molar-refractivity contribution in [3.63, 3.8) is 0 Å². The lowest BCUT2D eigenvalue weighted by Gasteiger charge is -2.09. The summed E-state index contributed by atoms with van der Waals surface area (Å²) in [6.07, 6.45) is 4.91. The van der Waals surface area contributed by atoms with E-state index in [-0.39, 0.29) is 5.56 Å². The van der Waals surface area contributed by atoms with Crippen molar-refractivity contribution in [1.82, 2.24) is 9.88 Å². The van der Waals surface area contributed by atoms with E-state index in [2.05, 4.69) is 5.32 Å². The Morgan fingerprint density at radius 3 is 2.88 bits per heavy atom. The third kappa shape index (κ3) is 3.20. The zero-order valence-electron chi connectivity index (χ0n) is 9.91. The van der Waals surface area contributed by atoms with Crippen LogP contribution < -0.4 is 10.9 Å². The quantitative estimate of drug-likeness (QED) is 0.740. The normalized spacial score (nSPS) is 15.3. The Hall–Kier alpha value is -1.09. The molecule has 1 aliphatic rings. The van der Waals surface area contributed by atoms with Crippen LogP contribution in [-0.4, -0.2) is 17.2 Å². The lowest BCUT2D eigenvalue weighted by molar-refractivity contribution is 0.550. The molecule has 1 fully saturated rings. The highest BCUT2D eigenvalue weighted by molar-refractivity contribution is 5.04. The highest BCUT2D eigenvalue weighted by Gasteiger charge is 2.19. The van der Waals surface area contributed by atoms with Crippen LogP contribution in [0.25, 0.3) is 0 Å². The summed E-state index contributed by atoms with van der Waals surface area (Å²) >= 11 is 0. The molecule has 0 saturated heterocycles. The van der Waals surface area contributed by atoms with Crippen molar-refractivity contribution in [3.05, 3.63) is 34.2 Å². The first kappa shape index (κ1) is 11.4. The number of aromatic nitrogens is 1. The van der Waals surface area contributed by atoms with E-state index in [4.69, 9.17) is 0 Å². The van der Waals surface area contributed by atoms with Crippen molar-refractivity contribution in [3.8, 4) is 0 Å². The molecule has 1 N–H and O–H groups in total. The molecule has 0 radical (unpaired) electrons. The van der Waals surface area contributed by atoms with Crippen LogP contribution in [-0.2, 0) is 6.54 Å². The van der Waals surface area contributed by atoms with E-state index in [1.54, 1.807) is 6.07 Å². The first-order valence-corrected chi connectivity index (χ1v) is 6.17. The summed E-state index contributed by atoms with van der Waals surface area (Å²) in [5.74, 6) is 0. The summed E-state index contributed by atoms with van der Waals surface area (Å²) in [6.45, 7) is 3.92. The average Bonchev–Trinajstić information content (AvgIpc) is 3.05. The molecule has 1 saturated carbocycles. The molecular weight excluding hydrogens is 200 g/mol. The Bertz CT molecular complexity index is 393. The molecule has 1 aliphatic carbocycles. The van der Waals surface area contributed by atoms with E-state index in [1.165, 1.54) is 12.8 Å². The van der Waals surface area contributed by atoms with E-state index in [1.807, 2.05) is 23.6 Å². The topological polar surface area (TPSA) is 34.0 Å². The number of hydrogen-bond acceptors (Lipinski definition) is 2. The van der Waals surface area contributed by atoms with E-state index in [9.17, 15) is 4.79 Å². The maximum atomic E-state index is 11.6. The molecule has 3 nitrogen and oxygen atoms in total. The molecule has 0 aromatic carbocycles. The number of hydrogen-bond donors (Lipinski definition) is 1. The summed E-state index contributed by atoms with van der Waals surface area (Å²) in [7, 11) is 0. The maximum absolute atomic E-state index is 11.6. The first-order chi connectivity index (χ1) is 7.77. The fraction of sp³-hybridized carbons (Fsp3) is 0.615. The summed E-state index contributed by atoms with van der Waals surface area (Å²) in [5, 5.41) is 3.48. The standard InChI is InChI=1S/C13H20N2O/c1-11-5-4-6-13(16)15(11)10-3-2-9-14-12-7-8-12/h4-6,12,14H,2-3,7-10H2,1H3. The van der Waals surface area contributed by atoms with Crippen LogP contribution in [0.4, 0.5) is 0 Å². The zero-order valence-corrected chi connectivity index (χ0v) is 9.91. The number of aryl methyl sites for hydroxylation is 1. The van der Waals surface area contributed by atoms with Crippen molar-refractivity contribution in [2.24, 2.45) is 0 Å². The van der Waals surface area contributed by atoms with Gasteiger partial charge in [0.1, 0.15) is 0 Å². The highest BCUT2D eigenvalue weighted by Crippen LogP contribution is 2.18. The minimum Gasteiger partial charge on any atom is -0.314 e. The fourth-order valence-electron chi connectivity index (χ4n) is 1.90. The molecule has 2 rings (SSSR count). The maximum Gasteiger partial charge on any atom is 0.250 e. The van der Waals surface area contributed by atoms with Crippen molar-refractivity contribution in [1.29, 1.82) is 0 Å². The molecule has 0 spiro atoms. The molecule has 0 bridgehead atoms. The molecule has 0 atom stereocenters. The van der Waals surface area contributed by atoms with Gasteiger partial charge in [0.25, 0.3) is 5.56 Å². The van der Waals surface area contributed by atoms with Gasteiger partial charge in [0, 0.05) is 24.3 Å². The van der Waals surface area contributed by atoms with Gasteiger partial charge in [-0.3, -0.25) is 4.79 Å². The Labute approximate surface area is 96.5 Å². The van der Waals surface area contributed by atoms with Crippen molar-refractivity contribution < 1.29 is 0 Å². The van der Waals surface area contributed by atoms with Crippen LogP contribution in [0.1, 0.15) is 31.4 Å². The molecule has 1 heterocycles. The number of pyridine rings is 1. The van der Waals surface area contributed by atoms with Gasteiger partial charge in [0.2, 0.25) is 0 Å². The lowest BCUT2D eigenvalue weighted by Crippen LogP contribution is -2.22. The molecular formula is C13H20N2O. The average molecular weight is 220 g/mol. The number of rotatable bonds is 6. The van der Waals surface area contributed by atoms with Crippen molar-refractivity contribution >= 4 is 0 Å².